The summed E-state index contributed by atoms with van der Waals surface area (Å²) < 4.78 is 23.4. The smallest absolute Gasteiger partial charge is 0.143 e. The SMILES string of the molecule is C[C@@H](F)[C@H](F)CN. The van der Waals surface area contributed by atoms with Crippen LogP contribution in [0, 0.1) is 0 Å². The van der Waals surface area contributed by atoms with Crippen molar-refractivity contribution in [3.63, 3.8) is 0 Å². The van der Waals surface area contributed by atoms with Gasteiger partial charge in [0, 0.05) is 6.54 Å². The van der Waals surface area contributed by atoms with Gasteiger partial charge in [0.25, 0.3) is 0 Å². The van der Waals surface area contributed by atoms with Crippen LogP contribution in [0.15, 0.2) is 0 Å². The third-order valence-electron chi connectivity index (χ3n) is 0.724. The number of nitrogens with two attached hydrogens (primary N) is 1. The molecule has 7 heavy (non-hydrogen) atoms. The zero-order valence-electron chi connectivity index (χ0n) is 4.20. The third kappa shape index (κ3) is 2.51. The van der Waals surface area contributed by atoms with Crippen molar-refractivity contribution in [3.05, 3.63) is 0 Å². The quantitative estimate of drug-likeness (QED) is 0.553. The van der Waals surface area contributed by atoms with Crippen molar-refractivity contribution in [2.45, 2.75) is 19.3 Å². The molecular formula is C4H9F2N. The van der Waals surface area contributed by atoms with Gasteiger partial charge in [-0.15, -0.1) is 0 Å². The fourth-order valence-corrected chi connectivity index (χ4v) is 0.188. The predicted octanol–water partition coefficient (Wildman–Crippen LogP) is 0.641. The van der Waals surface area contributed by atoms with Gasteiger partial charge in [-0.25, -0.2) is 8.78 Å². The average molecular weight is 109 g/mol. The highest BCUT2D eigenvalue weighted by Gasteiger charge is 2.10. The molecule has 0 aliphatic rings. The van der Waals surface area contributed by atoms with E-state index >= 15 is 0 Å². The molecule has 1 nitrogen and oxygen atoms in total. The average Bonchev–Trinajstić information content (AvgIpc) is 1.65. The van der Waals surface area contributed by atoms with Crippen molar-refractivity contribution >= 4 is 0 Å². The lowest BCUT2D eigenvalue weighted by molar-refractivity contribution is 0.189. The Bertz CT molecular complexity index is 47.0. The molecule has 0 saturated heterocycles. The first-order chi connectivity index (χ1) is 3.18. The Morgan fingerprint density at radius 1 is 1.57 bits per heavy atom. The fraction of sp³-hybridized carbons (Fsp3) is 1.00. The monoisotopic (exact) mass is 109 g/mol. The molecule has 0 unspecified atom stereocenters. The molecule has 0 aliphatic heterocycles. The van der Waals surface area contributed by atoms with E-state index < -0.39 is 12.3 Å². The summed E-state index contributed by atoms with van der Waals surface area (Å²) in [7, 11) is 0. The van der Waals surface area contributed by atoms with Crippen LogP contribution in [0.4, 0.5) is 8.78 Å². The number of hydrogen-bond acceptors (Lipinski definition) is 1. The number of alkyl halides is 2. The second-order valence-electron chi connectivity index (χ2n) is 1.43. The van der Waals surface area contributed by atoms with Crippen LogP contribution < -0.4 is 5.73 Å². The molecule has 0 saturated carbocycles. The van der Waals surface area contributed by atoms with E-state index in [0.717, 1.165) is 6.92 Å². The first kappa shape index (κ1) is 6.82. The van der Waals surface area contributed by atoms with E-state index in [9.17, 15) is 8.78 Å². The lowest BCUT2D eigenvalue weighted by Gasteiger charge is -2.02. The normalized spacial score (nSPS) is 18.9. The van der Waals surface area contributed by atoms with Gasteiger partial charge in [-0.05, 0) is 6.92 Å². The van der Waals surface area contributed by atoms with E-state index in [4.69, 9.17) is 5.73 Å². The summed E-state index contributed by atoms with van der Waals surface area (Å²) in [6, 6.07) is 0. The summed E-state index contributed by atoms with van der Waals surface area (Å²) in [4.78, 5) is 0. The summed E-state index contributed by atoms with van der Waals surface area (Å²) in [6.07, 6.45) is -2.91. The van der Waals surface area contributed by atoms with Crippen LogP contribution in [-0.2, 0) is 0 Å². The second-order valence-corrected chi connectivity index (χ2v) is 1.43. The largest absolute Gasteiger partial charge is 0.328 e. The van der Waals surface area contributed by atoms with E-state index in [2.05, 4.69) is 0 Å². The number of rotatable bonds is 2. The topological polar surface area (TPSA) is 26.0 Å². The molecule has 0 spiro atoms. The molecule has 2 N–H and O–H groups in total. The predicted molar refractivity (Wildman–Crippen MR) is 24.5 cm³/mol. The first-order valence-electron chi connectivity index (χ1n) is 2.16. The van der Waals surface area contributed by atoms with Gasteiger partial charge in [0.1, 0.15) is 12.3 Å². The van der Waals surface area contributed by atoms with Crippen molar-refractivity contribution in [1.82, 2.24) is 0 Å². The maximum absolute atomic E-state index is 11.8. The standard InChI is InChI=1S/C4H9F2N/c1-3(5)4(6)2-7/h3-4H,2,7H2,1H3/t3-,4-/m1/s1. The maximum atomic E-state index is 11.8. The molecule has 2 atom stereocenters. The van der Waals surface area contributed by atoms with E-state index in [-0.39, 0.29) is 6.54 Å². The molecule has 0 radical (unpaired) electrons. The Labute approximate surface area is 41.5 Å². The minimum atomic E-state index is -1.49. The van der Waals surface area contributed by atoms with E-state index in [1.807, 2.05) is 0 Å². The Morgan fingerprint density at radius 3 is 2.00 bits per heavy atom. The Hall–Kier alpha value is -0.180. The first-order valence-corrected chi connectivity index (χ1v) is 2.16. The van der Waals surface area contributed by atoms with Crippen molar-refractivity contribution in [1.29, 1.82) is 0 Å². The molecule has 0 bridgehead atoms. The summed E-state index contributed by atoms with van der Waals surface area (Å²) in [6.45, 7) is 0.926. The van der Waals surface area contributed by atoms with Gasteiger partial charge in [-0.1, -0.05) is 0 Å². The van der Waals surface area contributed by atoms with Crippen LogP contribution in [0.25, 0.3) is 0 Å². The number of hydrogen-bond donors (Lipinski definition) is 1. The van der Waals surface area contributed by atoms with Gasteiger partial charge >= 0.3 is 0 Å². The maximum Gasteiger partial charge on any atom is 0.143 e. The summed E-state index contributed by atoms with van der Waals surface area (Å²) >= 11 is 0. The van der Waals surface area contributed by atoms with Crippen LogP contribution in [0.2, 0.25) is 0 Å². The zero-order chi connectivity index (χ0) is 5.86. The van der Waals surface area contributed by atoms with E-state index in [0.29, 0.717) is 0 Å². The molecular weight excluding hydrogens is 100 g/mol. The summed E-state index contributed by atoms with van der Waals surface area (Å²) in [5.41, 5.74) is 4.76. The lowest BCUT2D eigenvalue weighted by atomic mass is 10.3. The zero-order valence-corrected chi connectivity index (χ0v) is 4.20. The van der Waals surface area contributed by atoms with Crippen LogP contribution in [0.5, 0.6) is 0 Å². The van der Waals surface area contributed by atoms with Crippen molar-refractivity contribution in [2.75, 3.05) is 6.54 Å². The molecule has 3 heteroatoms. The third-order valence-corrected chi connectivity index (χ3v) is 0.724. The lowest BCUT2D eigenvalue weighted by Crippen LogP contribution is -2.23. The number of halogens is 2. The van der Waals surface area contributed by atoms with Gasteiger partial charge in [0.15, 0.2) is 0 Å². The van der Waals surface area contributed by atoms with E-state index in [1.54, 1.807) is 0 Å². The van der Waals surface area contributed by atoms with Gasteiger partial charge in [-0.2, -0.15) is 0 Å². The van der Waals surface area contributed by atoms with Crippen molar-refractivity contribution < 1.29 is 8.78 Å². The van der Waals surface area contributed by atoms with Crippen LogP contribution in [0.1, 0.15) is 6.92 Å². The minimum absolute atomic E-state index is 0.225. The molecule has 44 valence electrons. The highest BCUT2D eigenvalue weighted by atomic mass is 19.2. The Morgan fingerprint density at radius 2 is 2.00 bits per heavy atom. The van der Waals surface area contributed by atoms with E-state index in [1.165, 1.54) is 0 Å². The van der Waals surface area contributed by atoms with Crippen molar-refractivity contribution in [2.24, 2.45) is 5.73 Å². The van der Waals surface area contributed by atoms with Gasteiger partial charge in [0.2, 0.25) is 0 Å². The van der Waals surface area contributed by atoms with Gasteiger partial charge in [0.05, 0.1) is 0 Å². The van der Waals surface area contributed by atoms with Gasteiger partial charge < -0.3 is 5.73 Å². The minimum Gasteiger partial charge on any atom is -0.328 e. The summed E-state index contributed by atoms with van der Waals surface area (Å²) in [5, 5.41) is 0. The highest BCUT2D eigenvalue weighted by molar-refractivity contribution is 4.61. The molecule has 0 aromatic carbocycles. The molecule has 0 fully saturated rings. The Balaban J connectivity index is 3.14. The van der Waals surface area contributed by atoms with Crippen LogP contribution in [0.3, 0.4) is 0 Å². The fourth-order valence-electron chi connectivity index (χ4n) is 0.188. The molecule has 0 aromatic rings. The van der Waals surface area contributed by atoms with Crippen molar-refractivity contribution in [3.8, 4) is 0 Å². The van der Waals surface area contributed by atoms with Gasteiger partial charge in [-0.3, -0.25) is 0 Å². The van der Waals surface area contributed by atoms with Crippen LogP contribution >= 0.6 is 0 Å². The van der Waals surface area contributed by atoms with Crippen LogP contribution in [-0.4, -0.2) is 18.9 Å². The molecule has 0 rings (SSSR count). The highest BCUT2D eigenvalue weighted by Crippen LogP contribution is 1.98. The molecule has 0 aromatic heterocycles. The Kier molecular flexibility index (Phi) is 2.83. The molecule has 0 heterocycles. The molecule has 0 amide bonds. The molecule has 0 aliphatic carbocycles. The summed E-state index contributed by atoms with van der Waals surface area (Å²) in [5.74, 6) is 0. The second kappa shape index (κ2) is 2.91.